The Morgan fingerprint density at radius 3 is 2.15 bits per heavy atom. The molecule has 0 fully saturated rings. The number of benzene rings is 3. The van der Waals surface area contributed by atoms with E-state index in [1.54, 1.807) is 38.1 Å². The molecule has 3 aromatic carbocycles. The van der Waals surface area contributed by atoms with Crippen LogP contribution in [-0.2, 0) is 14.6 Å². The second-order valence-electron chi connectivity index (χ2n) is 6.48. The molecule has 0 bridgehead atoms. The topological polar surface area (TPSA) is 94.9 Å². The van der Waals surface area contributed by atoms with Crippen LogP contribution in [0.15, 0.2) is 65.6 Å². The fourth-order valence-electron chi connectivity index (χ4n) is 3.08. The van der Waals surface area contributed by atoms with Gasteiger partial charge in [-0.2, -0.15) is 0 Å². The van der Waals surface area contributed by atoms with Crippen molar-refractivity contribution in [3.63, 3.8) is 0 Å². The van der Waals surface area contributed by atoms with Crippen molar-refractivity contribution in [3.05, 3.63) is 71.8 Å². The molecule has 0 aromatic heterocycles. The highest BCUT2D eigenvalue weighted by molar-refractivity contribution is 7.93. The van der Waals surface area contributed by atoms with Crippen molar-refractivity contribution in [3.8, 4) is 0 Å². The van der Waals surface area contributed by atoms with Gasteiger partial charge in [-0.3, -0.25) is 8.87 Å². The summed E-state index contributed by atoms with van der Waals surface area (Å²) in [5.41, 5.74) is 1.74. The first-order chi connectivity index (χ1) is 12.6. The van der Waals surface area contributed by atoms with Gasteiger partial charge < -0.3 is 9.79 Å². The summed E-state index contributed by atoms with van der Waals surface area (Å²) >= 11 is 0. The highest BCUT2D eigenvalue weighted by atomic mass is 32.2. The zero-order valence-corrected chi connectivity index (χ0v) is 16.6. The molecule has 27 heavy (non-hydrogen) atoms. The maximum atomic E-state index is 13.3. The number of aryl methyl sites for hydroxylation is 2. The zero-order chi connectivity index (χ0) is 19.8. The number of anilines is 1. The lowest BCUT2D eigenvalue weighted by Crippen LogP contribution is -2.32. The number of hydrogen-bond donors (Lipinski definition) is 2. The lowest BCUT2D eigenvalue weighted by Gasteiger charge is -2.26. The lowest BCUT2D eigenvalue weighted by molar-refractivity contribution is 0.373. The van der Waals surface area contributed by atoms with Crippen LogP contribution in [0.5, 0.6) is 0 Å². The molecule has 0 atom stereocenters. The Balaban J connectivity index is 2.26. The van der Waals surface area contributed by atoms with Crippen LogP contribution < -0.4 is 4.31 Å². The quantitative estimate of drug-likeness (QED) is 0.630. The van der Waals surface area contributed by atoms with Crippen molar-refractivity contribution in [1.82, 2.24) is 0 Å². The van der Waals surface area contributed by atoms with Crippen molar-refractivity contribution < 1.29 is 22.8 Å². The Labute approximate surface area is 158 Å². The minimum Gasteiger partial charge on any atom is -0.323 e. The highest BCUT2D eigenvalue weighted by Crippen LogP contribution is 2.41. The van der Waals surface area contributed by atoms with Crippen LogP contribution in [0.1, 0.15) is 11.1 Å². The molecule has 142 valence electrons. The van der Waals surface area contributed by atoms with Gasteiger partial charge in [-0.15, -0.1) is 0 Å². The largest absolute Gasteiger partial charge is 0.345 e. The van der Waals surface area contributed by atoms with Gasteiger partial charge in [0.2, 0.25) is 0 Å². The van der Waals surface area contributed by atoms with E-state index in [1.165, 1.54) is 12.1 Å². The first-order valence-electron chi connectivity index (χ1n) is 8.21. The SMILES string of the molecule is Cc1cc(C)cc(S(=O)(=O)N(CP(=O)(O)O)c2cccc3ccccc23)c1. The standard InChI is InChI=1S/C19H20NO5PS/c1-14-10-15(2)12-17(11-14)27(24,25)20(13-26(21,22)23)19-9-5-7-16-6-3-4-8-18(16)19/h3-12H,13H2,1-2H3,(H2,21,22,23). The summed E-state index contributed by atoms with van der Waals surface area (Å²) in [7, 11) is -8.84. The Kier molecular flexibility index (Phi) is 5.14. The van der Waals surface area contributed by atoms with Crippen molar-refractivity contribution in [2.75, 3.05) is 10.6 Å². The van der Waals surface area contributed by atoms with E-state index in [-0.39, 0.29) is 10.6 Å². The summed E-state index contributed by atoms with van der Waals surface area (Å²) in [5, 5.41) is 1.38. The normalized spacial score (nSPS) is 12.3. The number of rotatable bonds is 5. The highest BCUT2D eigenvalue weighted by Gasteiger charge is 2.32. The first-order valence-corrected chi connectivity index (χ1v) is 11.4. The van der Waals surface area contributed by atoms with E-state index in [1.807, 2.05) is 24.3 Å². The van der Waals surface area contributed by atoms with Crippen LogP contribution in [0, 0.1) is 13.8 Å². The fourth-order valence-corrected chi connectivity index (χ4v) is 5.97. The van der Waals surface area contributed by atoms with Crippen molar-refractivity contribution in [2.45, 2.75) is 18.7 Å². The van der Waals surface area contributed by atoms with Gasteiger partial charge in [-0.1, -0.05) is 42.5 Å². The summed E-state index contributed by atoms with van der Waals surface area (Å²) in [6.45, 7) is 3.55. The van der Waals surface area contributed by atoms with Crippen LogP contribution in [0.2, 0.25) is 0 Å². The van der Waals surface area contributed by atoms with E-state index in [0.29, 0.717) is 5.39 Å². The van der Waals surface area contributed by atoms with Gasteiger partial charge in [-0.25, -0.2) is 8.42 Å². The first kappa shape index (κ1) is 19.6. The molecule has 0 spiro atoms. The maximum Gasteiger partial charge on any atom is 0.345 e. The van der Waals surface area contributed by atoms with Crippen LogP contribution in [0.25, 0.3) is 10.8 Å². The minimum absolute atomic E-state index is 0.00128. The average Bonchev–Trinajstić information content (AvgIpc) is 2.57. The summed E-state index contributed by atoms with van der Waals surface area (Å²) in [4.78, 5) is 19.1. The number of hydrogen-bond acceptors (Lipinski definition) is 3. The Bertz CT molecular complexity index is 1130. The molecule has 0 heterocycles. The molecule has 0 amide bonds. The molecule has 0 saturated carbocycles. The molecule has 0 aliphatic rings. The number of nitrogens with zero attached hydrogens (tertiary/aromatic N) is 1. The van der Waals surface area contributed by atoms with Gasteiger partial charge in [0.05, 0.1) is 10.6 Å². The van der Waals surface area contributed by atoms with Gasteiger partial charge in [0, 0.05) is 5.39 Å². The third kappa shape index (κ3) is 4.22. The summed E-state index contributed by atoms with van der Waals surface area (Å²) in [5.74, 6) is 0. The molecule has 2 N–H and O–H groups in total. The maximum absolute atomic E-state index is 13.3. The lowest BCUT2D eigenvalue weighted by atomic mass is 10.1. The van der Waals surface area contributed by atoms with E-state index < -0.39 is 23.9 Å². The third-order valence-electron chi connectivity index (χ3n) is 4.13. The molecule has 0 saturated heterocycles. The van der Waals surface area contributed by atoms with E-state index >= 15 is 0 Å². The number of sulfonamides is 1. The van der Waals surface area contributed by atoms with Gasteiger partial charge in [0.25, 0.3) is 10.0 Å². The van der Waals surface area contributed by atoms with Crippen molar-refractivity contribution >= 4 is 34.1 Å². The molecule has 0 radical (unpaired) electrons. The minimum atomic E-state index is -4.66. The molecule has 8 heteroatoms. The molecular weight excluding hydrogens is 385 g/mol. The average molecular weight is 405 g/mol. The Hall–Kier alpha value is -2.18. The predicted molar refractivity (Wildman–Crippen MR) is 106 cm³/mol. The van der Waals surface area contributed by atoms with E-state index in [9.17, 15) is 22.8 Å². The fraction of sp³-hybridized carbons (Fsp3) is 0.158. The van der Waals surface area contributed by atoms with Gasteiger partial charge >= 0.3 is 7.60 Å². The van der Waals surface area contributed by atoms with Gasteiger partial charge in [0.15, 0.2) is 0 Å². The third-order valence-corrected chi connectivity index (χ3v) is 6.71. The second-order valence-corrected chi connectivity index (χ2v) is 9.96. The molecule has 0 aliphatic heterocycles. The molecular formula is C19H20NO5PS. The smallest absolute Gasteiger partial charge is 0.323 e. The summed E-state index contributed by atoms with van der Waals surface area (Å²) in [6.07, 6.45) is -0.934. The molecule has 0 unspecified atom stereocenters. The van der Waals surface area contributed by atoms with Crippen LogP contribution >= 0.6 is 7.60 Å². The van der Waals surface area contributed by atoms with Gasteiger partial charge in [0.1, 0.15) is 6.29 Å². The summed E-state index contributed by atoms with van der Waals surface area (Å²) < 4.78 is 39.2. The predicted octanol–water partition coefficient (Wildman–Crippen LogP) is 3.79. The Morgan fingerprint density at radius 2 is 1.52 bits per heavy atom. The number of fused-ring (bicyclic) bond motifs is 1. The van der Waals surface area contributed by atoms with E-state index in [2.05, 4.69) is 0 Å². The van der Waals surface area contributed by atoms with Crippen molar-refractivity contribution in [1.29, 1.82) is 0 Å². The van der Waals surface area contributed by atoms with E-state index in [4.69, 9.17) is 0 Å². The van der Waals surface area contributed by atoms with Crippen LogP contribution in [-0.4, -0.2) is 24.5 Å². The molecule has 0 aliphatic carbocycles. The van der Waals surface area contributed by atoms with Gasteiger partial charge in [-0.05, 0) is 48.6 Å². The molecule has 3 aromatic rings. The zero-order valence-electron chi connectivity index (χ0n) is 14.9. The monoisotopic (exact) mass is 405 g/mol. The van der Waals surface area contributed by atoms with Crippen LogP contribution in [0.4, 0.5) is 5.69 Å². The second kappa shape index (κ2) is 7.09. The molecule has 6 nitrogen and oxygen atoms in total. The summed E-state index contributed by atoms with van der Waals surface area (Å²) in [6, 6.07) is 17.0. The Morgan fingerprint density at radius 1 is 0.926 bits per heavy atom. The van der Waals surface area contributed by atoms with Crippen LogP contribution in [0.3, 0.4) is 0 Å². The van der Waals surface area contributed by atoms with E-state index in [0.717, 1.165) is 20.8 Å². The molecule has 3 rings (SSSR count). The van der Waals surface area contributed by atoms with Crippen molar-refractivity contribution in [2.24, 2.45) is 0 Å².